The number of hydrogen-bond acceptors (Lipinski definition) is 2. The van der Waals surface area contributed by atoms with Gasteiger partial charge in [-0.3, -0.25) is 0 Å². The molecule has 1 aromatic heterocycles. The minimum Gasteiger partial charge on any atom is -0.310 e. The van der Waals surface area contributed by atoms with E-state index >= 15 is 0 Å². The Morgan fingerprint density at radius 3 is 1.94 bits per heavy atom. The molecule has 0 aliphatic heterocycles. The van der Waals surface area contributed by atoms with Gasteiger partial charge in [0, 0.05) is 42.3 Å². The number of fused-ring (bicyclic) bond motifs is 11. The minimum absolute atomic E-state index is 0.0926. The van der Waals surface area contributed by atoms with Gasteiger partial charge >= 0.3 is 0 Å². The summed E-state index contributed by atoms with van der Waals surface area (Å²) < 4.78 is 2.63. The van der Waals surface area contributed by atoms with E-state index in [1.165, 1.54) is 91.8 Å². The molecule has 0 atom stereocenters. The van der Waals surface area contributed by atoms with E-state index in [2.05, 4.69) is 170 Å². The van der Waals surface area contributed by atoms with Gasteiger partial charge in [0.05, 0.1) is 5.69 Å². The third-order valence-electron chi connectivity index (χ3n) is 10.4. The Bertz CT molecular complexity index is 2730. The molecular formula is C45H31NS. The first-order chi connectivity index (χ1) is 23.1. The second-order valence-corrected chi connectivity index (χ2v) is 14.4. The van der Waals surface area contributed by atoms with Gasteiger partial charge in [-0.1, -0.05) is 129 Å². The van der Waals surface area contributed by atoms with Crippen molar-refractivity contribution < 1.29 is 0 Å². The summed E-state index contributed by atoms with van der Waals surface area (Å²) in [4.78, 5) is 2.51. The lowest BCUT2D eigenvalue weighted by Crippen LogP contribution is -2.16. The molecule has 0 amide bonds. The number of nitrogens with zero attached hydrogens (tertiary/aromatic N) is 1. The smallest absolute Gasteiger partial charge is 0.0546 e. The molecule has 0 bridgehead atoms. The standard InChI is InChI=1S/C45H31NS/c1-45(2)40-17-9-7-14-34(40)35-23-20-29(25-41(35)45)46(30-21-24-38-37-16-8-10-18-43(37)47-44(38)26-30)42-27-39-31-12-4-3-11-28(31)19-22-33(39)32-13-5-6-15-36(32)42/h3-27H,1-2H3. The summed E-state index contributed by atoms with van der Waals surface area (Å²) >= 11 is 1.88. The average molecular weight is 618 g/mol. The second kappa shape index (κ2) is 9.78. The summed E-state index contributed by atoms with van der Waals surface area (Å²) in [5, 5.41) is 10.3. The van der Waals surface area contributed by atoms with Crippen molar-refractivity contribution in [1.82, 2.24) is 0 Å². The second-order valence-electron chi connectivity index (χ2n) is 13.3. The third-order valence-corrected chi connectivity index (χ3v) is 11.6. The number of benzene rings is 8. The molecule has 1 nitrogen and oxygen atoms in total. The molecule has 0 N–H and O–H groups in total. The van der Waals surface area contributed by atoms with Crippen molar-refractivity contribution >= 4 is 80.9 Å². The fourth-order valence-electron chi connectivity index (χ4n) is 8.14. The highest BCUT2D eigenvalue weighted by atomic mass is 32.1. The van der Waals surface area contributed by atoms with Crippen LogP contribution in [0.1, 0.15) is 25.0 Å². The first kappa shape index (κ1) is 26.7. The first-order valence-electron chi connectivity index (χ1n) is 16.4. The molecular weight excluding hydrogens is 587 g/mol. The molecule has 8 aromatic carbocycles. The maximum atomic E-state index is 2.51. The van der Waals surface area contributed by atoms with Crippen molar-refractivity contribution in [2.45, 2.75) is 19.3 Å². The van der Waals surface area contributed by atoms with E-state index in [0.717, 1.165) is 0 Å². The van der Waals surface area contributed by atoms with Crippen LogP contribution in [0.5, 0.6) is 0 Å². The lowest BCUT2D eigenvalue weighted by Gasteiger charge is -2.29. The largest absolute Gasteiger partial charge is 0.310 e. The van der Waals surface area contributed by atoms with Gasteiger partial charge < -0.3 is 4.90 Å². The van der Waals surface area contributed by atoms with E-state index in [0.29, 0.717) is 0 Å². The fraction of sp³-hybridized carbons (Fsp3) is 0.0667. The molecule has 10 rings (SSSR count). The van der Waals surface area contributed by atoms with Crippen LogP contribution >= 0.6 is 11.3 Å². The maximum Gasteiger partial charge on any atom is 0.0546 e. The predicted molar refractivity (Wildman–Crippen MR) is 204 cm³/mol. The number of thiophene rings is 1. The van der Waals surface area contributed by atoms with Crippen molar-refractivity contribution in [1.29, 1.82) is 0 Å². The van der Waals surface area contributed by atoms with Crippen LogP contribution in [0.3, 0.4) is 0 Å². The Labute approximate surface area is 278 Å². The normalized spacial score (nSPS) is 13.5. The molecule has 2 heteroatoms. The molecule has 9 aromatic rings. The molecule has 0 saturated carbocycles. The molecule has 1 aliphatic carbocycles. The van der Waals surface area contributed by atoms with E-state index in [-0.39, 0.29) is 5.41 Å². The van der Waals surface area contributed by atoms with Crippen molar-refractivity contribution in [2.75, 3.05) is 4.90 Å². The summed E-state index contributed by atoms with van der Waals surface area (Å²) in [6.45, 7) is 4.74. The Morgan fingerprint density at radius 1 is 0.426 bits per heavy atom. The highest BCUT2D eigenvalue weighted by Gasteiger charge is 2.36. The molecule has 0 fully saturated rings. The van der Waals surface area contributed by atoms with Gasteiger partial charge in [0.1, 0.15) is 0 Å². The molecule has 1 heterocycles. The van der Waals surface area contributed by atoms with Crippen LogP contribution in [0.25, 0.3) is 63.6 Å². The van der Waals surface area contributed by atoms with E-state index in [4.69, 9.17) is 0 Å². The van der Waals surface area contributed by atoms with Crippen molar-refractivity contribution in [2.24, 2.45) is 0 Å². The van der Waals surface area contributed by atoms with Crippen LogP contribution in [0.2, 0.25) is 0 Å². The number of anilines is 3. The summed E-state index contributed by atoms with van der Waals surface area (Å²) in [6.07, 6.45) is 0. The van der Waals surface area contributed by atoms with Gasteiger partial charge in [-0.05, 0) is 85.6 Å². The van der Waals surface area contributed by atoms with Crippen molar-refractivity contribution in [3.63, 3.8) is 0 Å². The van der Waals surface area contributed by atoms with Crippen LogP contribution in [-0.4, -0.2) is 0 Å². The highest BCUT2D eigenvalue weighted by Crippen LogP contribution is 2.52. The van der Waals surface area contributed by atoms with Gasteiger partial charge in [0.15, 0.2) is 0 Å². The fourth-order valence-corrected chi connectivity index (χ4v) is 9.28. The molecule has 1 aliphatic rings. The first-order valence-corrected chi connectivity index (χ1v) is 17.2. The van der Waals surface area contributed by atoms with E-state index in [1.807, 2.05) is 11.3 Å². The third kappa shape index (κ3) is 3.83. The van der Waals surface area contributed by atoms with Crippen molar-refractivity contribution in [3.8, 4) is 11.1 Å². The van der Waals surface area contributed by atoms with Crippen molar-refractivity contribution in [3.05, 3.63) is 163 Å². The Kier molecular flexibility index (Phi) is 5.57. The van der Waals surface area contributed by atoms with Crippen LogP contribution in [-0.2, 0) is 5.41 Å². The SMILES string of the molecule is CC1(C)c2ccccc2-c2ccc(N(c3ccc4c(c3)sc3ccccc34)c3cc4c5ccccc5ccc4c4ccccc34)cc21. The lowest BCUT2D eigenvalue weighted by atomic mass is 9.82. The quantitative estimate of drug-likeness (QED) is 0.178. The lowest BCUT2D eigenvalue weighted by molar-refractivity contribution is 0.660. The monoisotopic (exact) mass is 617 g/mol. The van der Waals surface area contributed by atoms with Gasteiger partial charge in [-0.25, -0.2) is 0 Å². The van der Waals surface area contributed by atoms with Crippen LogP contribution < -0.4 is 4.90 Å². The summed E-state index contributed by atoms with van der Waals surface area (Å²) in [6, 6.07) is 56.5. The van der Waals surface area contributed by atoms with Gasteiger partial charge in [-0.15, -0.1) is 11.3 Å². The highest BCUT2D eigenvalue weighted by molar-refractivity contribution is 7.25. The Hall–Kier alpha value is -5.44. The molecule has 47 heavy (non-hydrogen) atoms. The minimum atomic E-state index is -0.0926. The number of rotatable bonds is 3. The van der Waals surface area contributed by atoms with Crippen LogP contribution in [0, 0.1) is 0 Å². The Balaban J connectivity index is 1.29. The zero-order valence-electron chi connectivity index (χ0n) is 26.3. The average Bonchev–Trinajstić information content (AvgIpc) is 3.60. The molecule has 0 radical (unpaired) electrons. The van der Waals surface area contributed by atoms with E-state index in [1.54, 1.807) is 0 Å². The molecule has 0 unspecified atom stereocenters. The maximum absolute atomic E-state index is 2.51. The van der Waals surface area contributed by atoms with E-state index < -0.39 is 0 Å². The number of hydrogen-bond donors (Lipinski definition) is 0. The van der Waals surface area contributed by atoms with Gasteiger partial charge in [0.25, 0.3) is 0 Å². The molecule has 222 valence electrons. The van der Waals surface area contributed by atoms with Gasteiger partial charge in [-0.2, -0.15) is 0 Å². The van der Waals surface area contributed by atoms with Gasteiger partial charge in [0.2, 0.25) is 0 Å². The van der Waals surface area contributed by atoms with E-state index in [9.17, 15) is 0 Å². The topological polar surface area (TPSA) is 3.24 Å². The zero-order chi connectivity index (χ0) is 31.3. The van der Waals surface area contributed by atoms with Crippen LogP contribution in [0.15, 0.2) is 152 Å². The summed E-state index contributed by atoms with van der Waals surface area (Å²) in [7, 11) is 0. The zero-order valence-corrected chi connectivity index (χ0v) is 27.1. The van der Waals surface area contributed by atoms with Crippen LogP contribution in [0.4, 0.5) is 17.1 Å². The predicted octanol–water partition coefficient (Wildman–Crippen LogP) is 13.3. The summed E-state index contributed by atoms with van der Waals surface area (Å²) in [5.74, 6) is 0. The Morgan fingerprint density at radius 2 is 1.04 bits per heavy atom. The molecule has 0 saturated heterocycles. The summed E-state index contributed by atoms with van der Waals surface area (Å²) in [5.41, 5.74) is 8.90. The molecule has 0 spiro atoms.